The molecule has 0 spiro atoms. The lowest BCUT2D eigenvalue weighted by molar-refractivity contribution is -0.230. The number of nitrogens with zero attached hydrogens (tertiary/aromatic N) is 3. The minimum atomic E-state index is -1.23. The number of nitrogens with one attached hydrogen (secondary N) is 2. The van der Waals surface area contributed by atoms with Crippen molar-refractivity contribution >= 4 is 35.0 Å². The van der Waals surface area contributed by atoms with Crippen molar-refractivity contribution in [2.75, 3.05) is 27.2 Å². The fourth-order valence-electron chi connectivity index (χ4n) is 8.49. The number of ether oxygens (including phenoxy) is 1. The third kappa shape index (κ3) is 9.02. The van der Waals surface area contributed by atoms with Crippen LogP contribution in [0, 0.1) is 17.3 Å². The van der Waals surface area contributed by atoms with Gasteiger partial charge in [0.1, 0.15) is 28.5 Å². The summed E-state index contributed by atoms with van der Waals surface area (Å²) >= 11 is 1.31. The molecule has 3 aliphatic carbocycles. The zero-order valence-electron chi connectivity index (χ0n) is 31.4. The number of hydrogen-bond acceptors (Lipinski definition) is 8. The second kappa shape index (κ2) is 16.7. The van der Waals surface area contributed by atoms with Crippen LogP contribution in [0.1, 0.15) is 106 Å². The van der Waals surface area contributed by atoms with Crippen LogP contribution < -0.4 is 10.6 Å². The fraction of sp³-hybridized carbons (Fsp3) is 0.667. The first-order valence-corrected chi connectivity index (χ1v) is 19.6. The van der Waals surface area contributed by atoms with Crippen molar-refractivity contribution in [2.24, 2.45) is 17.3 Å². The molecule has 1 saturated heterocycles. The smallest absolute Gasteiger partial charge is 0.306 e. The second-order valence-electron chi connectivity index (χ2n) is 15.8. The number of alkyl halides is 1. The van der Waals surface area contributed by atoms with E-state index in [0.717, 1.165) is 31.4 Å². The number of piperidine rings is 1. The zero-order chi connectivity index (χ0) is 37.8. The van der Waals surface area contributed by atoms with Gasteiger partial charge in [0.25, 0.3) is 5.91 Å². The van der Waals surface area contributed by atoms with E-state index in [1.165, 1.54) is 11.3 Å². The van der Waals surface area contributed by atoms with Crippen LogP contribution in [0.4, 0.5) is 4.39 Å². The van der Waals surface area contributed by atoms with E-state index in [1.807, 2.05) is 63.1 Å². The Balaban J connectivity index is 1.30. The molecule has 52 heavy (non-hydrogen) atoms. The number of carboxylic acid groups (broad SMARTS) is 1. The number of aliphatic carboxylic acids is 1. The second-order valence-corrected chi connectivity index (χ2v) is 16.7. The summed E-state index contributed by atoms with van der Waals surface area (Å²) in [5.74, 6) is -2.35. The molecule has 1 aromatic carbocycles. The first-order chi connectivity index (χ1) is 24.6. The van der Waals surface area contributed by atoms with Crippen LogP contribution in [0.15, 0.2) is 35.7 Å². The molecule has 0 radical (unpaired) electrons. The van der Waals surface area contributed by atoms with Gasteiger partial charge >= 0.3 is 5.97 Å². The highest BCUT2D eigenvalue weighted by Gasteiger charge is 2.73. The van der Waals surface area contributed by atoms with Crippen LogP contribution in [-0.2, 0) is 25.5 Å². The monoisotopic (exact) mass is 741 g/mol. The summed E-state index contributed by atoms with van der Waals surface area (Å²) in [5, 5.41) is 17.9. The van der Waals surface area contributed by atoms with Crippen LogP contribution in [0.5, 0.6) is 0 Å². The molecule has 13 heteroatoms. The first-order valence-electron chi connectivity index (χ1n) is 18.8. The van der Waals surface area contributed by atoms with Gasteiger partial charge in [-0.1, -0.05) is 57.5 Å². The summed E-state index contributed by atoms with van der Waals surface area (Å²) in [5.41, 5.74) is -0.593. The number of likely N-dealkylation sites (tertiary alicyclic amines) is 1. The minimum Gasteiger partial charge on any atom is -0.481 e. The van der Waals surface area contributed by atoms with Crippen LogP contribution >= 0.6 is 11.3 Å². The number of likely N-dealkylation sites (N-methyl/N-ethyl adjacent to an activating group) is 2. The Bertz CT molecular complexity index is 1550. The van der Waals surface area contributed by atoms with E-state index in [2.05, 4.69) is 15.6 Å². The minimum absolute atomic E-state index is 0.0102. The molecular formula is C39H56FN5O6S. The van der Waals surface area contributed by atoms with E-state index in [9.17, 15) is 28.7 Å². The third-order valence-corrected chi connectivity index (χ3v) is 12.4. The van der Waals surface area contributed by atoms with Crippen molar-refractivity contribution < 1.29 is 33.4 Å². The summed E-state index contributed by atoms with van der Waals surface area (Å²) < 4.78 is 21.0. The largest absolute Gasteiger partial charge is 0.481 e. The van der Waals surface area contributed by atoms with E-state index in [4.69, 9.17) is 4.74 Å². The zero-order valence-corrected chi connectivity index (χ0v) is 32.2. The van der Waals surface area contributed by atoms with Crippen LogP contribution in [0.25, 0.3) is 0 Å². The summed E-state index contributed by atoms with van der Waals surface area (Å²) in [6.45, 7) is 8.79. The van der Waals surface area contributed by atoms with E-state index >= 15 is 0 Å². The molecule has 6 rings (SSSR count). The average Bonchev–Trinajstić information content (AvgIpc) is 3.57. The summed E-state index contributed by atoms with van der Waals surface area (Å²) in [4.78, 5) is 61.6. The lowest BCUT2D eigenvalue weighted by Gasteiger charge is -2.68. The van der Waals surface area contributed by atoms with Gasteiger partial charge in [-0.05, 0) is 76.9 Å². The molecule has 11 nitrogen and oxygen atoms in total. The Morgan fingerprint density at radius 3 is 2.38 bits per heavy atom. The van der Waals surface area contributed by atoms with E-state index < -0.39 is 47.1 Å². The highest BCUT2D eigenvalue weighted by molar-refractivity contribution is 7.09. The van der Waals surface area contributed by atoms with Gasteiger partial charge in [-0.2, -0.15) is 0 Å². The lowest BCUT2D eigenvalue weighted by Crippen LogP contribution is -2.75. The number of aromatic nitrogens is 1. The van der Waals surface area contributed by atoms with Crippen molar-refractivity contribution in [1.82, 2.24) is 25.4 Å². The highest BCUT2D eigenvalue weighted by atomic mass is 32.1. The molecule has 2 aromatic rings. The number of benzene rings is 1. The van der Waals surface area contributed by atoms with E-state index in [1.54, 1.807) is 24.3 Å². The molecule has 3 amide bonds. The van der Waals surface area contributed by atoms with Crippen LogP contribution in [-0.4, -0.2) is 101 Å². The normalized spacial score (nSPS) is 25.5. The Morgan fingerprint density at radius 1 is 1.10 bits per heavy atom. The maximum Gasteiger partial charge on any atom is 0.306 e. The van der Waals surface area contributed by atoms with Gasteiger partial charge in [0.15, 0.2) is 0 Å². The molecule has 3 saturated carbocycles. The number of thiazole rings is 1. The molecule has 6 atom stereocenters. The van der Waals surface area contributed by atoms with Crippen LogP contribution in [0.3, 0.4) is 0 Å². The van der Waals surface area contributed by atoms with Gasteiger partial charge in [-0.25, -0.2) is 9.37 Å². The van der Waals surface area contributed by atoms with Crippen molar-refractivity contribution in [3.05, 3.63) is 52.0 Å². The van der Waals surface area contributed by atoms with Gasteiger partial charge in [0.05, 0.1) is 12.0 Å². The SMILES string of the molecule is CCO[C@H](C[C@H](C(C)C)N(C)C(=O)C(NC(=O)[C@H]1CCCCN1C)C12CC(F)(C1)C2)c1nc(C(=O)N[C@@H](Cc2ccccc2)C[C@H](C)C(=O)O)cs1. The van der Waals surface area contributed by atoms with Gasteiger partial charge < -0.3 is 25.4 Å². The molecule has 1 aliphatic heterocycles. The van der Waals surface area contributed by atoms with Crippen molar-refractivity contribution in [2.45, 2.75) is 121 Å². The molecule has 2 bridgehead atoms. The summed E-state index contributed by atoms with van der Waals surface area (Å²) in [7, 11) is 3.69. The number of halogens is 1. The molecule has 4 aliphatic rings. The Kier molecular flexibility index (Phi) is 12.8. The van der Waals surface area contributed by atoms with Gasteiger partial charge in [0.2, 0.25) is 11.8 Å². The molecule has 3 N–H and O–H groups in total. The molecular weight excluding hydrogens is 686 g/mol. The quantitative estimate of drug-likeness (QED) is 0.184. The molecule has 2 heterocycles. The van der Waals surface area contributed by atoms with Crippen molar-refractivity contribution in [1.29, 1.82) is 0 Å². The van der Waals surface area contributed by atoms with Crippen molar-refractivity contribution in [3.8, 4) is 0 Å². The number of carboxylic acids is 1. The summed E-state index contributed by atoms with van der Waals surface area (Å²) in [6.07, 6.45) is 4.18. The van der Waals surface area contributed by atoms with Crippen molar-refractivity contribution in [3.63, 3.8) is 0 Å². The summed E-state index contributed by atoms with van der Waals surface area (Å²) in [6, 6.07) is 7.77. The predicted octanol–water partition coefficient (Wildman–Crippen LogP) is 5.41. The molecule has 4 fully saturated rings. The Labute approximate surface area is 311 Å². The van der Waals surface area contributed by atoms with E-state index in [0.29, 0.717) is 24.5 Å². The van der Waals surface area contributed by atoms with E-state index in [-0.39, 0.29) is 61.2 Å². The number of amides is 3. The fourth-order valence-corrected chi connectivity index (χ4v) is 9.35. The Hall–Kier alpha value is -3.42. The number of rotatable bonds is 18. The Morgan fingerprint density at radius 2 is 1.79 bits per heavy atom. The lowest BCUT2D eigenvalue weighted by atomic mass is 9.39. The first kappa shape index (κ1) is 39.8. The molecule has 1 aromatic heterocycles. The van der Waals surface area contributed by atoms with Crippen LogP contribution in [0.2, 0.25) is 0 Å². The highest BCUT2D eigenvalue weighted by Crippen LogP contribution is 2.71. The van der Waals surface area contributed by atoms with Gasteiger partial charge in [-0.15, -0.1) is 11.3 Å². The average molecular weight is 742 g/mol. The maximum absolute atomic E-state index is 14.8. The maximum atomic E-state index is 14.8. The van der Waals surface area contributed by atoms with Gasteiger partial charge in [-0.3, -0.25) is 24.1 Å². The topological polar surface area (TPSA) is 141 Å². The van der Waals surface area contributed by atoms with Gasteiger partial charge in [0, 0.05) is 43.0 Å². The number of carbonyl (C=O) groups excluding carboxylic acids is 3. The predicted molar refractivity (Wildman–Crippen MR) is 198 cm³/mol. The number of hydrogen-bond donors (Lipinski definition) is 3. The number of carbonyl (C=O) groups is 4. The standard InChI is InChI=1S/C39H56FN5O6S/c1-7-51-31(35-42-28(20-52-35)33(46)41-27(17-25(4)37(49)50)18-26-13-9-8-10-14-26)19-30(24(2)3)45(6)36(48)32(38-21-39(40,22-38)23-38)43-34(47)29-15-11-12-16-44(29)5/h8-10,13-14,20,24-25,27,29-32H,7,11-12,15-19,21-23H2,1-6H3,(H,41,46)(H,43,47)(H,49,50)/t25-,27+,29+,30+,31+,32?,38?,39?/m0/s1. The molecule has 1 unspecified atom stereocenters. The third-order valence-electron chi connectivity index (χ3n) is 11.4. The molecule has 286 valence electrons.